The summed E-state index contributed by atoms with van der Waals surface area (Å²) in [6.45, 7) is 4.53. The van der Waals surface area contributed by atoms with Crippen LogP contribution in [0.15, 0.2) is 0 Å². The predicted octanol–water partition coefficient (Wildman–Crippen LogP) is 0.660. The molecule has 0 aliphatic carbocycles. The maximum atomic E-state index is 11.7. The fourth-order valence-electron chi connectivity index (χ4n) is 1.67. The number of morpholine rings is 1. The van der Waals surface area contributed by atoms with Crippen LogP contribution in [0.25, 0.3) is 0 Å². The molecule has 0 bridgehead atoms. The molecule has 1 atom stereocenters. The summed E-state index contributed by atoms with van der Waals surface area (Å²) in [7, 11) is 1.65. The van der Waals surface area contributed by atoms with Crippen molar-refractivity contribution in [1.29, 1.82) is 0 Å². The Morgan fingerprint density at radius 3 is 3.07 bits per heavy atom. The summed E-state index contributed by atoms with van der Waals surface area (Å²) in [6, 6.07) is 0.104. The highest BCUT2D eigenvalue weighted by Gasteiger charge is 2.26. The van der Waals surface area contributed by atoms with Gasteiger partial charge in [-0.1, -0.05) is 6.92 Å². The first-order valence-corrected chi connectivity index (χ1v) is 5.15. The molecule has 1 fully saturated rings. The van der Waals surface area contributed by atoms with Crippen LogP contribution in [0.3, 0.4) is 0 Å². The van der Waals surface area contributed by atoms with Gasteiger partial charge in [0.1, 0.15) is 0 Å². The number of nitrogens with zero attached hydrogens (tertiary/aromatic N) is 1. The molecule has 14 heavy (non-hydrogen) atoms. The summed E-state index contributed by atoms with van der Waals surface area (Å²) in [5.41, 5.74) is 0. The van der Waals surface area contributed by atoms with E-state index < -0.39 is 0 Å². The normalized spacial score (nSPS) is 22.4. The number of hydrogen-bond donors (Lipinski definition) is 0. The molecule has 1 amide bonds. The zero-order chi connectivity index (χ0) is 10.4. The Morgan fingerprint density at radius 1 is 1.64 bits per heavy atom. The number of amides is 1. The Hall–Kier alpha value is -0.610. The molecule has 1 heterocycles. The molecule has 0 N–H and O–H groups in total. The minimum atomic E-state index is 0.104. The first kappa shape index (κ1) is 11.5. The molecule has 0 aromatic carbocycles. The largest absolute Gasteiger partial charge is 0.382 e. The number of carbonyl (C=O) groups is 1. The molecule has 0 aromatic rings. The lowest BCUT2D eigenvalue weighted by Crippen LogP contribution is -2.50. The Morgan fingerprint density at radius 2 is 2.43 bits per heavy atom. The van der Waals surface area contributed by atoms with Crippen molar-refractivity contribution in [3.8, 4) is 0 Å². The number of hydrogen-bond acceptors (Lipinski definition) is 3. The fraction of sp³-hybridized carbons (Fsp3) is 0.900. The molecule has 1 unspecified atom stereocenters. The van der Waals surface area contributed by atoms with Crippen molar-refractivity contribution >= 4 is 5.91 Å². The highest BCUT2D eigenvalue weighted by Crippen LogP contribution is 2.09. The monoisotopic (exact) mass is 201 g/mol. The van der Waals surface area contributed by atoms with E-state index >= 15 is 0 Å². The Bertz CT molecular complexity index is 182. The zero-order valence-corrected chi connectivity index (χ0v) is 8.99. The second kappa shape index (κ2) is 5.98. The van der Waals surface area contributed by atoms with Gasteiger partial charge in [0.2, 0.25) is 5.91 Å². The van der Waals surface area contributed by atoms with Gasteiger partial charge in [0, 0.05) is 20.1 Å². The summed E-state index contributed by atoms with van der Waals surface area (Å²) < 4.78 is 10.4. The van der Waals surface area contributed by atoms with Crippen molar-refractivity contribution in [1.82, 2.24) is 4.90 Å². The van der Waals surface area contributed by atoms with Gasteiger partial charge in [0.05, 0.1) is 25.9 Å². The summed E-state index contributed by atoms with van der Waals surface area (Å²) in [5, 5.41) is 0. The van der Waals surface area contributed by atoms with Crippen molar-refractivity contribution in [2.24, 2.45) is 0 Å². The van der Waals surface area contributed by atoms with Crippen LogP contribution in [-0.2, 0) is 14.3 Å². The van der Waals surface area contributed by atoms with Gasteiger partial charge in [0.25, 0.3) is 0 Å². The smallest absolute Gasteiger partial charge is 0.223 e. The lowest BCUT2D eigenvalue weighted by Gasteiger charge is -2.35. The molecule has 0 radical (unpaired) electrons. The Labute approximate surface area is 85.2 Å². The van der Waals surface area contributed by atoms with Crippen LogP contribution in [0.5, 0.6) is 0 Å². The van der Waals surface area contributed by atoms with E-state index in [1.165, 1.54) is 0 Å². The van der Waals surface area contributed by atoms with Gasteiger partial charge < -0.3 is 14.4 Å². The van der Waals surface area contributed by atoms with E-state index in [-0.39, 0.29) is 11.9 Å². The molecule has 1 rings (SSSR count). The molecule has 1 saturated heterocycles. The van der Waals surface area contributed by atoms with E-state index in [1.54, 1.807) is 7.11 Å². The molecule has 1 aliphatic rings. The minimum Gasteiger partial charge on any atom is -0.382 e. The minimum absolute atomic E-state index is 0.104. The zero-order valence-electron chi connectivity index (χ0n) is 8.99. The maximum absolute atomic E-state index is 11.7. The van der Waals surface area contributed by atoms with Crippen LogP contribution in [0.1, 0.15) is 19.8 Å². The SMILES string of the molecule is CCCC(=O)N1CCOCC1COC. The van der Waals surface area contributed by atoms with E-state index in [4.69, 9.17) is 9.47 Å². The Kier molecular flexibility index (Phi) is 4.90. The van der Waals surface area contributed by atoms with Crippen molar-refractivity contribution in [2.75, 3.05) is 33.5 Å². The third-order valence-electron chi connectivity index (χ3n) is 2.37. The van der Waals surface area contributed by atoms with Crippen molar-refractivity contribution in [2.45, 2.75) is 25.8 Å². The van der Waals surface area contributed by atoms with Crippen molar-refractivity contribution in [3.05, 3.63) is 0 Å². The fourth-order valence-corrected chi connectivity index (χ4v) is 1.67. The third kappa shape index (κ3) is 2.96. The van der Waals surface area contributed by atoms with Crippen molar-refractivity contribution in [3.63, 3.8) is 0 Å². The molecule has 0 spiro atoms. The molecular weight excluding hydrogens is 182 g/mol. The number of rotatable bonds is 4. The maximum Gasteiger partial charge on any atom is 0.223 e. The molecule has 0 aromatic heterocycles. The van der Waals surface area contributed by atoms with Crippen LogP contribution in [0.4, 0.5) is 0 Å². The van der Waals surface area contributed by atoms with Crippen molar-refractivity contribution < 1.29 is 14.3 Å². The number of methoxy groups -OCH3 is 1. The number of ether oxygens (including phenoxy) is 2. The van der Waals surface area contributed by atoms with Gasteiger partial charge in [-0.25, -0.2) is 0 Å². The average molecular weight is 201 g/mol. The lowest BCUT2D eigenvalue weighted by atomic mass is 10.2. The Balaban J connectivity index is 2.48. The predicted molar refractivity (Wildman–Crippen MR) is 53.1 cm³/mol. The standard InChI is InChI=1S/C10H19NO3/c1-3-4-10(12)11-5-6-14-8-9(11)7-13-2/h9H,3-8H2,1-2H3. The summed E-state index contributed by atoms with van der Waals surface area (Å²) >= 11 is 0. The highest BCUT2D eigenvalue weighted by atomic mass is 16.5. The van der Waals surface area contributed by atoms with Crippen LogP contribution >= 0.6 is 0 Å². The number of carbonyl (C=O) groups excluding carboxylic acids is 1. The summed E-state index contributed by atoms with van der Waals surface area (Å²) in [5.74, 6) is 0.220. The average Bonchev–Trinajstić information content (AvgIpc) is 2.19. The first-order chi connectivity index (χ1) is 6.79. The second-order valence-corrected chi connectivity index (χ2v) is 3.52. The van der Waals surface area contributed by atoms with E-state index in [0.717, 1.165) is 6.42 Å². The molecule has 4 nitrogen and oxygen atoms in total. The van der Waals surface area contributed by atoms with E-state index in [1.807, 2.05) is 11.8 Å². The summed E-state index contributed by atoms with van der Waals surface area (Å²) in [6.07, 6.45) is 1.52. The molecule has 0 saturated carbocycles. The van der Waals surface area contributed by atoms with Crippen LogP contribution < -0.4 is 0 Å². The molecule has 1 aliphatic heterocycles. The van der Waals surface area contributed by atoms with Crippen LogP contribution in [0, 0.1) is 0 Å². The van der Waals surface area contributed by atoms with E-state index in [9.17, 15) is 4.79 Å². The third-order valence-corrected chi connectivity index (χ3v) is 2.37. The van der Waals surface area contributed by atoms with Crippen LogP contribution in [-0.4, -0.2) is 50.3 Å². The van der Waals surface area contributed by atoms with Gasteiger partial charge in [0.15, 0.2) is 0 Å². The molecule has 82 valence electrons. The van der Waals surface area contributed by atoms with Crippen LogP contribution in [0.2, 0.25) is 0 Å². The first-order valence-electron chi connectivity index (χ1n) is 5.15. The van der Waals surface area contributed by atoms with Gasteiger partial charge in [-0.3, -0.25) is 4.79 Å². The van der Waals surface area contributed by atoms with E-state index in [0.29, 0.717) is 32.8 Å². The highest BCUT2D eigenvalue weighted by molar-refractivity contribution is 5.76. The molecular formula is C10H19NO3. The molecule has 4 heteroatoms. The van der Waals surface area contributed by atoms with Gasteiger partial charge in [-0.05, 0) is 6.42 Å². The lowest BCUT2D eigenvalue weighted by molar-refractivity contribution is -0.142. The van der Waals surface area contributed by atoms with Gasteiger partial charge in [-0.15, -0.1) is 0 Å². The van der Waals surface area contributed by atoms with Gasteiger partial charge >= 0.3 is 0 Å². The second-order valence-electron chi connectivity index (χ2n) is 3.52. The quantitative estimate of drug-likeness (QED) is 0.670. The van der Waals surface area contributed by atoms with Gasteiger partial charge in [-0.2, -0.15) is 0 Å². The summed E-state index contributed by atoms with van der Waals surface area (Å²) in [4.78, 5) is 13.6. The van der Waals surface area contributed by atoms with E-state index in [2.05, 4.69) is 0 Å². The topological polar surface area (TPSA) is 38.8 Å².